The lowest BCUT2D eigenvalue weighted by atomic mass is 9.97. The Bertz CT molecular complexity index is 657. The molecule has 7 heteroatoms. The van der Waals surface area contributed by atoms with E-state index in [-0.39, 0.29) is 11.1 Å². The third-order valence-electron chi connectivity index (χ3n) is 2.90. The maximum Gasteiger partial charge on any atom is 0.418 e. The Morgan fingerprint density at radius 2 is 1.29 bits per heavy atom. The van der Waals surface area contributed by atoms with E-state index < -0.39 is 29.2 Å². The van der Waals surface area contributed by atoms with Crippen molar-refractivity contribution < 1.29 is 26.3 Å². The average Bonchev–Trinajstić information content (AvgIpc) is 2.37. The van der Waals surface area contributed by atoms with Crippen molar-refractivity contribution in [1.82, 2.24) is 0 Å². The number of rotatable bonds is 1. The minimum atomic E-state index is -4.73. The lowest BCUT2D eigenvalue weighted by Gasteiger charge is -2.15. The number of hydrogen-bond donors (Lipinski definition) is 1. The summed E-state index contributed by atoms with van der Waals surface area (Å²) < 4.78 is 77.0. The zero-order valence-electron chi connectivity index (χ0n) is 10.4. The molecular weight excluding hydrogens is 296 g/mol. The summed E-state index contributed by atoms with van der Waals surface area (Å²) in [5.41, 5.74) is 2.04. The highest BCUT2D eigenvalue weighted by molar-refractivity contribution is 5.71. The van der Waals surface area contributed by atoms with Crippen LogP contribution in [0.5, 0.6) is 0 Å². The van der Waals surface area contributed by atoms with Gasteiger partial charge in [0.1, 0.15) is 0 Å². The van der Waals surface area contributed by atoms with Gasteiger partial charge in [-0.1, -0.05) is 24.3 Å². The van der Waals surface area contributed by atoms with Gasteiger partial charge in [-0.3, -0.25) is 0 Å². The number of hydrogen-bond acceptors (Lipinski definition) is 1. The predicted molar refractivity (Wildman–Crippen MR) is 66.3 cm³/mol. The Balaban J connectivity index is 2.64. The minimum absolute atomic E-state index is 0.190. The van der Waals surface area contributed by atoms with Crippen molar-refractivity contribution in [1.29, 1.82) is 0 Å². The van der Waals surface area contributed by atoms with E-state index in [0.717, 1.165) is 24.3 Å². The summed E-state index contributed by atoms with van der Waals surface area (Å²) in [6.45, 7) is 0. The molecule has 112 valence electrons. The first-order valence-electron chi connectivity index (χ1n) is 5.74. The van der Waals surface area contributed by atoms with Crippen molar-refractivity contribution >= 4 is 5.69 Å². The number of halogens is 6. The zero-order chi connectivity index (χ0) is 15.8. The van der Waals surface area contributed by atoms with Crippen molar-refractivity contribution in [3.8, 4) is 11.1 Å². The molecule has 0 heterocycles. The summed E-state index contributed by atoms with van der Waals surface area (Å²) in [7, 11) is 0. The van der Waals surface area contributed by atoms with E-state index in [4.69, 9.17) is 5.73 Å². The van der Waals surface area contributed by atoms with Crippen LogP contribution >= 0.6 is 0 Å². The Kier molecular flexibility index (Phi) is 3.61. The topological polar surface area (TPSA) is 26.0 Å². The third-order valence-corrected chi connectivity index (χ3v) is 2.90. The normalized spacial score (nSPS) is 12.5. The van der Waals surface area contributed by atoms with Gasteiger partial charge in [-0.2, -0.15) is 26.3 Å². The van der Waals surface area contributed by atoms with Gasteiger partial charge in [0.05, 0.1) is 11.1 Å². The van der Waals surface area contributed by atoms with Crippen LogP contribution in [0.25, 0.3) is 11.1 Å². The highest BCUT2D eigenvalue weighted by atomic mass is 19.4. The standard InChI is InChI=1S/C14H9F6N/c15-13(16,17)10-4-2-1-3-9(10)8-5-6-12(21)11(7-8)14(18,19)20/h1-7H,21H2. The Labute approximate surface area is 116 Å². The number of nitrogen functional groups attached to an aromatic ring is 1. The van der Waals surface area contributed by atoms with Gasteiger partial charge in [0, 0.05) is 5.69 Å². The number of anilines is 1. The van der Waals surface area contributed by atoms with Gasteiger partial charge >= 0.3 is 12.4 Å². The predicted octanol–water partition coefficient (Wildman–Crippen LogP) is 4.97. The van der Waals surface area contributed by atoms with Crippen LogP contribution in [0.15, 0.2) is 42.5 Å². The van der Waals surface area contributed by atoms with E-state index in [2.05, 4.69) is 0 Å². The molecule has 0 aromatic heterocycles. The number of benzene rings is 2. The molecule has 21 heavy (non-hydrogen) atoms. The van der Waals surface area contributed by atoms with Crippen LogP contribution in [-0.4, -0.2) is 0 Å². The monoisotopic (exact) mass is 305 g/mol. The molecule has 0 aliphatic carbocycles. The van der Waals surface area contributed by atoms with E-state index >= 15 is 0 Å². The molecule has 0 saturated heterocycles. The summed E-state index contributed by atoms with van der Waals surface area (Å²) >= 11 is 0. The second-order valence-corrected chi connectivity index (χ2v) is 4.34. The van der Waals surface area contributed by atoms with Crippen LogP contribution in [0.4, 0.5) is 32.0 Å². The fraction of sp³-hybridized carbons (Fsp3) is 0.143. The van der Waals surface area contributed by atoms with Crippen molar-refractivity contribution in [2.45, 2.75) is 12.4 Å². The van der Waals surface area contributed by atoms with Crippen molar-refractivity contribution in [3.63, 3.8) is 0 Å². The van der Waals surface area contributed by atoms with Gasteiger partial charge in [0.15, 0.2) is 0 Å². The van der Waals surface area contributed by atoms with Gasteiger partial charge in [-0.05, 0) is 29.3 Å². The number of alkyl halides is 6. The summed E-state index contributed by atoms with van der Waals surface area (Å²) in [6, 6.07) is 7.15. The minimum Gasteiger partial charge on any atom is -0.398 e. The maximum absolute atomic E-state index is 12.9. The Morgan fingerprint density at radius 1 is 0.714 bits per heavy atom. The number of nitrogens with two attached hydrogens (primary N) is 1. The van der Waals surface area contributed by atoms with Crippen LogP contribution in [0, 0.1) is 0 Å². The van der Waals surface area contributed by atoms with Crippen LogP contribution in [0.1, 0.15) is 11.1 Å². The molecular formula is C14H9F6N. The second kappa shape index (κ2) is 4.98. The molecule has 2 aromatic carbocycles. The second-order valence-electron chi connectivity index (χ2n) is 4.34. The summed E-state index contributed by atoms with van der Waals surface area (Å²) in [4.78, 5) is 0. The van der Waals surface area contributed by atoms with Gasteiger partial charge in [-0.25, -0.2) is 0 Å². The largest absolute Gasteiger partial charge is 0.418 e. The van der Waals surface area contributed by atoms with Gasteiger partial charge < -0.3 is 5.73 Å². The molecule has 2 N–H and O–H groups in total. The van der Waals surface area contributed by atoms with Crippen LogP contribution in [0.3, 0.4) is 0 Å². The van der Waals surface area contributed by atoms with Crippen LogP contribution in [-0.2, 0) is 12.4 Å². The van der Waals surface area contributed by atoms with E-state index in [9.17, 15) is 26.3 Å². The fourth-order valence-electron chi connectivity index (χ4n) is 1.95. The molecule has 2 rings (SSSR count). The molecule has 0 fully saturated rings. The van der Waals surface area contributed by atoms with E-state index in [0.29, 0.717) is 6.07 Å². The molecule has 0 aliphatic rings. The molecule has 1 nitrogen and oxygen atoms in total. The van der Waals surface area contributed by atoms with Gasteiger partial charge in [0.25, 0.3) is 0 Å². The van der Waals surface area contributed by atoms with Crippen molar-refractivity contribution in [3.05, 3.63) is 53.6 Å². The Morgan fingerprint density at radius 3 is 1.86 bits per heavy atom. The molecule has 2 aromatic rings. The molecule has 0 radical (unpaired) electrons. The molecule has 0 unspecified atom stereocenters. The van der Waals surface area contributed by atoms with Gasteiger partial charge in [-0.15, -0.1) is 0 Å². The molecule has 0 aliphatic heterocycles. The quantitative estimate of drug-likeness (QED) is 0.584. The first kappa shape index (κ1) is 15.2. The smallest absolute Gasteiger partial charge is 0.398 e. The fourth-order valence-corrected chi connectivity index (χ4v) is 1.95. The van der Waals surface area contributed by atoms with Crippen molar-refractivity contribution in [2.24, 2.45) is 0 Å². The Hall–Kier alpha value is -2.18. The average molecular weight is 305 g/mol. The lowest BCUT2D eigenvalue weighted by Crippen LogP contribution is -2.10. The SMILES string of the molecule is Nc1ccc(-c2ccccc2C(F)(F)F)cc1C(F)(F)F. The summed E-state index contributed by atoms with van der Waals surface area (Å²) in [6.07, 6.45) is -9.39. The maximum atomic E-state index is 12.9. The van der Waals surface area contributed by atoms with Crippen LogP contribution in [0.2, 0.25) is 0 Å². The molecule has 0 bridgehead atoms. The zero-order valence-corrected chi connectivity index (χ0v) is 10.4. The van der Waals surface area contributed by atoms with Gasteiger partial charge in [0.2, 0.25) is 0 Å². The highest BCUT2D eigenvalue weighted by Gasteiger charge is 2.35. The summed E-state index contributed by atoms with van der Waals surface area (Å²) in [5.74, 6) is 0. The molecule has 0 saturated carbocycles. The first-order valence-corrected chi connectivity index (χ1v) is 5.74. The molecule has 0 spiro atoms. The van der Waals surface area contributed by atoms with Crippen molar-refractivity contribution in [2.75, 3.05) is 5.73 Å². The highest BCUT2D eigenvalue weighted by Crippen LogP contribution is 2.40. The summed E-state index contributed by atoms with van der Waals surface area (Å²) in [5, 5.41) is 0. The first-order chi connectivity index (χ1) is 9.60. The molecule has 0 amide bonds. The van der Waals surface area contributed by atoms with E-state index in [1.165, 1.54) is 12.1 Å². The molecule has 0 atom stereocenters. The third kappa shape index (κ3) is 3.12. The van der Waals surface area contributed by atoms with Crippen LogP contribution < -0.4 is 5.73 Å². The van der Waals surface area contributed by atoms with E-state index in [1.807, 2.05) is 0 Å². The van der Waals surface area contributed by atoms with E-state index in [1.54, 1.807) is 0 Å². The lowest BCUT2D eigenvalue weighted by molar-refractivity contribution is -0.137.